The molecule has 0 heterocycles. The fourth-order valence-corrected chi connectivity index (χ4v) is 3.11. The highest BCUT2D eigenvalue weighted by molar-refractivity contribution is 9.10. The zero-order valence-electron chi connectivity index (χ0n) is 10.8. The molecule has 0 aliphatic rings. The van der Waals surface area contributed by atoms with Crippen LogP contribution in [0.1, 0.15) is 17.2 Å². The zero-order valence-corrected chi connectivity index (χ0v) is 14.7. The molecule has 0 amide bonds. The Hall–Kier alpha value is -0.420. The first-order valence-corrected chi connectivity index (χ1v) is 8.03. The third-order valence-electron chi connectivity index (χ3n) is 3.06. The summed E-state index contributed by atoms with van der Waals surface area (Å²) in [6.07, 6.45) is 0.695. The van der Waals surface area contributed by atoms with E-state index in [1.54, 1.807) is 6.07 Å². The highest BCUT2D eigenvalue weighted by Gasteiger charge is 2.12. The zero-order chi connectivity index (χ0) is 14.7. The van der Waals surface area contributed by atoms with Gasteiger partial charge in [0.25, 0.3) is 0 Å². The molecule has 5 heteroatoms. The predicted octanol–water partition coefficient (Wildman–Crippen LogP) is 5.51. The molecule has 1 atom stereocenters. The van der Waals surface area contributed by atoms with E-state index in [1.807, 2.05) is 31.3 Å². The van der Waals surface area contributed by atoms with Gasteiger partial charge in [-0.25, -0.2) is 4.39 Å². The maximum atomic E-state index is 13.4. The van der Waals surface area contributed by atoms with Crippen molar-refractivity contribution in [3.63, 3.8) is 0 Å². The second-order valence-electron chi connectivity index (χ2n) is 4.50. The Kier molecular flexibility index (Phi) is 5.61. The summed E-state index contributed by atoms with van der Waals surface area (Å²) in [5.41, 5.74) is 2.03. The van der Waals surface area contributed by atoms with Crippen molar-refractivity contribution in [2.75, 3.05) is 7.05 Å². The van der Waals surface area contributed by atoms with Crippen molar-refractivity contribution in [2.24, 2.45) is 0 Å². The molecule has 106 valence electrons. The number of hydrogen-bond donors (Lipinski definition) is 1. The molecule has 2 aromatic rings. The van der Waals surface area contributed by atoms with Crippen LogP contribution >= 0.6 is 43.5 Å². The predicted molar refractivity (Wildman–Crippen MR) is 88.8 cm³/mol. The van der Waals surface area contributed by atoms with Gasteiger partial charge in [-0.15, -0.1) is 0 Å². The van der Waals surface area contributed by atoms with E-state index >= 15 is 0 Å². The molecule has 0 fully saturated rings. The van der Waals surface area contributed by atoms with Gasteiger partial charge in [-0.1, -0.05) is 33.6 Å². The van der Waals surface area contributed by atoms with E-state index in [0.717, 1.165) is 20.1 Å². The Morgan fingerprint density at radius 3 is 2.55 bits per heavy atom. The van der Waals surface area contributed by atoms with E-state index in [2.05, 4.69) is 37.2 Å². The number of rotatable bonds is 4. The first kappa shape index (κ1) is 16.0. The summed E-state index contributed by atoms with van der Waals surface area (Å²) in [4.78, 5) is 0. The smallest absolute Gasteiger partial charge is 0.124 e. The molecule has 0 saturated heterocycles. The van der Waals surface area contributed by atoms with Gasteiger partial charge in [0.15, 0.2) is 0 Å². The van der Waals surface area contributed by atoms with Crippen LogP contribution in [0.5, 0.6) is 0 Å². The second-order valence-corrected chi connectivity index (χ2v) is 6.67. The third-order valence-corrected chi connectivity index (χ3v) is 4.73. The lowest BCUT2D eigenvalue weighted by Gasteiger charge is -2.18. The second kappa shape index (κ2) is 7.03. The standard InChI is InChI=1S/C15H13Br2ClFN/c1-20-15(10-2-3-14(18)13(17)7-10)6-9-4-11(16)8-12(19)5-9/h2-5,7-8,15,20H,6H2,1H3. The molecule has 0 aliphatic heterocycles. The SMILES string of the molecule is CNC(Cc1cc(F)cc(Br)c1)c1ccc(Cl)c(Br)c1. The van der Waals surface area contributed by atoms with Crippen molar-refractivity contribution in [3.05, 3.63) is 67.3 Å². The number of benzene rings is 2. The van der Waals surface area contributed by atoms with Gasteiger partial charge in [-0.2, -0.15) is 0 Å². The van der Waals surface area contributed by atoms with Crippen LogP contribution < -0.4 is 5.32 Å². The summed E-state index contributed by atoms with van der Waals surface area (Å²) in [6, 6.07) is 10.8. The average Bonchev–Trinajstić information content (AvgIpc) is 2.38. The minimum Gasteiger partial charge on any atom is -0.313 e. The first-order chi connectivity index (χ1) is 9.49. The number of likely N-dealkylation sites (N-methyl/N-ethyl adjacent to an activating group) is 1. The molecule has 2 rings (SSSR count). The van der Waals surface area contributed by atoms with Gasteiger partial charge in [0.05, 0.1) is 5.02 Å². The largest absolute Gasteiger partial charge is 0.313 e. The van der Waals surface area contributed by atoms with Gasteiger partial charge >= 0.3 is 0 Å². The fourth-order valence-electron chi connectivity index (χ4n) is 2.08. The maximum Gasteiger partial charge on any atom is 0.124 e. The minimum atomic E-state index is -0.235. The molecule has 0 aliphatic carbocycles. The Morgan fingerprint density at radius 1 is 1.20 bits per heavy atom. The van der Waals surface area contributed by atoms with Crippen LogP contribution in [0.25, 0.3) is 0 Å². The molecule has 2 aromatic carbocycles. The normalized spacial score (nSPS) is 12.4. The summed E-state index contributed by atoms with van der Waals surface area (Å²) >= 11 is 12.7. The van der Waals surface area contributed by atoms with Crippen molar-refractivity contribution in [3.8, 4) is 0 Å². The molecule has 0 saturated carbocycles. The number of nitrogens with one attached hydrogen (secondary N) is 1. The van der Waals surface area contributed by atoms with Crippen LogP contribution in [0.3, 0.4) is 0 Å². The first-order valence-electron chi connectivity index (χ1n) is 6.07. The molecular formula is C15H13Br2ClFN. The van der Waals surface area contributed by atoms with Crippen molar-refractivity contribution < 1.29 is 4.39 Å². The van der Waals surface area contributed by atoms with Gasteiger partial charge in [0, 0.05) is 15.0 Å². The number of hydrogen-bond acceptors (Lipinski definition) is 1. The Bertz CT molecular complexity index is 599. The lowest BCUT2D eigenvalue weighted by molar-refractivity contribution is 0.583. The molecule has 0 aromatic heterocycles. The molecule has 0 bridgehead atoms. The molecule has 0 spiro atoms. The fraction of sp³-hybridized carbons (Fsp3) is 0.200. The highest BCUT2D eigenvalue weighted by Crippen LogP contribution is 2.28. The maximum absolute atomic E-state index is 13.4. The van der Waals surface area contributed by atoms with Gasteiger partial charge in [-0.05, 0) is 70.9 Å². The quantitative estimate of drug-likeness (QED) is 0.687. The summed E-state index contributed by atoms with van der Waals surface area (Å²) < 4.78 is 15.0. The monoisotopic (exact) mass is 419 g/mol. The van der Waals surface area contributed by atoms with E-state index in [9.17, 15) is 4.39 Å². The summed E-state index contributed by atoms with van der Waals surface area (Å²) in [6.45, 7) is 0. The van der Waals surface area contributed by atoms with Crippen LogP contribution in [0.2, 0.25) is 5.02 Å². The van der Waals surface area contributed by atoms with Crippen LogP contribution in [0, 0.1) is 5.82 Å². The molecule has 1 unspecified atom stereocenters. The van der Waals surface area contributed by atoms with E-state index in [1.165, 1.54) is 6.07 Å². The van der Waals surface area contributed by atoms with E-state index < -0.39 is 0 Å². The van der Waals surface area contributed by atoms with Gasteiger partial charge < -0.3 is 5.32 Å². The van der Waals surface area contributed by atoms with Gasteiger partial charge in [-0.3, -0.25) is 0 Å². The van der Waals surface area contributed by atoms with Crippen LogP contribution in [0.4, 0.5) is 4.39 Å². The Labute approximate surface area is 139 Å². The molecule has 20 heavy (non-hydrogen) atoms. The van der Waals surface area contributed by atoms with Crippen molar-refractivity contribution >= 4 is 43.5 Å². The van der Waals surface area contributed by atoms with Crippen LogP contribution in [-0.4, -0.2) is 7.05 Å². The van der Waals surface area contributed by atoms with Crippen molar-refractivity contribution in [2.45, 2.75) is 12.5 Å². The molecular weight excluding hydrogens is 408 g/mol. The molecule has 1 N–H and O–H groups in total. The van der Waals surface area contributed by atoms with Crippen molar-refractivity contribution in [1.29, 1.82) is 0 Å². The summed E-state index contributed by atoms with van der Waals surface area (Å²) in [5.74, 6) is -0.235. The highest BCUT2D eigenvalue weighted by atomic mass is 79.9. The van der Waals surface area contributed by atoms with Crippen molar-refractivity contribution in [1.82, 2.24) is 5.32 Å². The summed E-state index contributed by atoms with van der Waals surface area (Å²) in [7, 11) is 1.89. The minimum absolute atomic E-state index is 0.0947. The topological polar surface area (TPSA) is 12.0 Å². The Balaban J connectivity index is 2.26. The number of halogens is 4. The summed E-state index contributed by atoms with van der Waals surface area (Å²) in [5, 5.41) is 3.93. The lowest BCUT2D eigenvalue weighted by atomic mass is 9.99. The van der Waals surface area contributed by atoms with E-state index in [4.69, 9.17) is 11.6 Å². The third kappa shape index (κ3) is 4.04. The van der Waals surface area contributed by atoms with Crippen LogP contribution in [0.15, 0.2) is 45.3 Å². The van der Waals surface area contributed by atoms with Crippen LogP contribution in [-0.2, 0) is 6.42 Å². The average molecular weight is 422 g/mol. The lowest BCUT2D eigenvalue weighted by Crippen LogP contribution is -2.19. The molecule has 1 nitrogen and oxygen atoms in total. The van der Waals surface area contributed by atoms with Gasteiger partial charge in [0.1, 0.15) is 5.82 Å². The molecule has 0 radical (unpaired) electrons. The van der Waals surface area contributed by atoms with E-state index in [0.29, 0.717) is 11.4 Å². The van der Waals surface area contributed by atoms with E-state index in [-0.39, 0.29) is 11.9 Å². The Morgan fingerprint density at radius 2 is 1.95 bits per heavy atom. The van der Waals surface area contributed by atoms with Gasteiger partial charge in [0.2, 0.25) is 0 Å².